The molecule has 2 aromatic rings. The zero-order chi connectivity index (χ0) is 18.4. The maximum atomic E-state index is 12.4. The van der Waals surface area contributed by atoms with Gasteiger partial charge in [0.1, 0.15) is 5.75 Å². The van der Waals surface area contributed by atoms with Gasteiger partial charge in [-0.3, -0.25) is 4.79 Å². The first-order valence-corrected chi connectivity index (χ1v) is 9.45. The van der Waals surface area contributed by atoms with Gasteiger partial charge in [-0.25, -0.2) is 5.43 Å². The molecule has 1 fully saturated rings. The monoisotopic (exact) mass is 353 g/mol. The Morgan fingerprint density at radius 3 is 2.81 bits per heavy atom. The van der Waals surface area contributed by atoms with Crippen molar-refractivity contribution in [2.45, 2.75) is 32.6 Å². The van der Waals surface area contributed by atoms with E-state index in [1.807, 2.05) is 30.3 Å². The highest BCUT2D eigenvalue weighted by molar-refractivity contribution is 6.02. The second-order valence-corrected chi connectivity index (χ2v) is 6.92. The number of hydrogen-bond donors (Lipinski definition) is 2. The highest BCUT2D eigenvalue weighted by atomic mass is 16.3. The largest absolute Gasteiger partial charge is 0.507 e. The minimum Gasteiger partial charge on any atom is -0.507 e. The number of phenolic OH excluding ortho intramolecular Hbond substituents is 1. The molecule has 1 aliphatic heterocycles. The van der Waals surface area contributed by atoms with Crippen molar-refractivity contribution in [2.75, 3.05) is 19.6 Å². The number of hydrogen-bond acceptors (Lipinski definition) is 4. The average Bonchev–Trinajstić information content (AvgIpc) is 2.68. The highest BCUT2D eigenvalue weighted by Gasteiger charge is 2.24. The Labute approximate surface area is 154 Å². The molecule has 1 aliphatic rings. The van der Waals surface area contributed by atoms with Gasteiger partial charge in [0.05, 0.1) is 6.21 Å². The van der Waals surface area contributed by atoms with Crippen LogP contribution in [-0.4, -0.2) is 41.8 Å². The lowest BCUT2D eigenvalue weighted by molar-refractivity contribution is -0.126. The number of amides is 1. The predicted octanol–water partition coefficient (Wildman–Crippen LogP) is 3.51. The molecule has 2 aromatic carbocycles. The number of likely N-dealkylation sites (tertiary alicyclic amines) is 1. The summed E-state index contributed by atoms with van der Waals surface area (Å²) in [5, 5.41) is 16.1. The summed E-state index contributed by atoms with van der Waals surface area (Å²) in [6.07, 6.45) is 5.72. The van der Waals surface area contributed by atoms with E-state index in [9.17, 15) is 9.90 Å². The van der Waals surface area contributed by atoms with E-state index in [-0.39, 0.29) is 17.6 Å². The lowest BCUT2D eigenvalue weighted by Crippen LogP contribution is -2.39. The second kappa shape index (κ2) is 8.81. The van der Waals surface area contributed by atoms with Crippen LogP contribution in [0.2, 0.25) is 0 Å². The van der Waals surface area contributed by atoms with Crippen molar-refractivity contribution in [3.05, 3.63) is 42.0 Å². The number of phenols is 1. The predicted molar refractivity (Wildman–Crippen MR) is 105 cm³/mol. The lowest BCUT2D eigenvalue weighted by Gasteiger charge is -2.30. The molecule has 1 saturated heterocycles. The fourth-order valence-corrected chi connectivity index (χ4v) is 3.47. The summed E-state index contributed by atoms with van der Waals surface area (Å²) < 4.78 is 0. The number of benzene rings is 2. The van der Waals surface area contributed by atoms with Gasteiger partial charge in [0.25, 0.3) is 0 Å². The van der Waals surface area contributed by atoms with Crippen molar-refractivity contribution >= 4 is 22.9 Å². The van der Waals surface area contributed by atoms with E-state index in [1.54, 1.807) is 6.07 Å². The molecule has 26 heavy (non-hydrogen) atoms. The molecule has 2 N–H and O–H groups in total. The molecule has 0 saturated carbocycles. The number of piperidine rings is 1. The fraction of sp³-hybridized carbons (Fsp3) is 0.429. The van der Waals surface area contributed by atoms with Crippen molar-refractivity contribution in [2.24, 2.45) is 11.0 Å². The van der Waals surface area contributed by atoms with Gasteiger partial charge in [-0.05, 0) is 55.7 Å². The number of nitrogens with one attached hydrogen (secondary N) is 1. The van der Waals surface area contributed by atoms with Crippen LogP contribution in [-0.2, 0) is 4.79 Å². The maximum Gasteiger partial charge on any atom is 0.243 e. The fourth-order valence-electron chi connectivity index (χ4n) is 3.47. The summed E-state index contributed by atoms with van der Waals surface area (Å²) in [6.45, 7) is 5.28. The highest BCUT2D eigenvalue weighted by Crippen LogP contribution is 2.25. The molecule has 0 radical (unpaired) electrons. The van der Waals surface area contributed by atoms with Crippen molar-refractivity contribution in [1.82, 2.24) is 10.3 Å². The third kappa shape index (κ3) is 4.41. The molecule has 0 unspecified atom stereocenters. The van der Waals surface area contributed by atoms with Gasteiger partial charge in [-0.1, -0.05) is 43.7 Å². The lowest BCUT2D eigenvalue weighted by atomic mass is 9.96. The second-order valence-electron chi connectivity index (χ2n) is 6.92. The van der Waals surface area contributed by atoms with Crippen LogP contribution in [0.5, 0.6) is 5.75 Å². The van der Waals surface area contributed by atoms with E-state index in [2.05, 4.69) is 22.4 Å². The van der Waals surface area contributed by atoms with Gasteiger partial charge in [-0.2, -0.15) is 5.10 Å². The minimum atomic E-state index is -0.0314. The first-order chi connectivity index (χ1) is 12.7. The quantitative estimate of drug-likeness (QED) is 0.617. The van der Waals surface area contributed by atoms with Gasteiger partial charge >= 0.3 is 0 Å². The zero-order valence-corrected chi connectivity index (χ0v) is 15.3. The average molecular weight is 353 g/mol. The molecule has 5 heteroatoms. The Bertz CT molecular complexity index is 780. The number of aromatic hydroxyl groups is 1. The molecule has 1 heterocycles. The summed E-state index contributed by atoms with van der Waals surface area (Å²) in [7, 11) is 0. The summed E-state index contributed by atoms with van der Waals surface area (Å²) in [5.74, 6) is 0.146. The van der Waals surface area contributed by atoms with Crippen LogP contribution >= 0.6 is 0 Å². The molecule has 0 aromatic heterocycles. The Morgan fingerprint density at radius 2 is 2.04 bits per heavy atom. The standard InChI is InChI=1S/C21H27N3O2/c1-2-3-12-24-13-10-17(11-14-24)21(26)23-22-15-19-18-7-5-4-6-16(18)8-9-20(19)25/h4-9,15,17,25H,2-3,10-14H2,1H3,(H,23,26). The smallest absolute Gasteiger partial charge is 0.243 e. The SMILES string of the molecule is CCCCN1CCC(C(=O)NN=Cc2c(O)ccc3ccccc23)CC1. The Kier molecular flexibility index (Phi) is 6.23. The number of fused-ring (bicyclic) bond motifs is 1. The van der Waals surface area contributed by atoms with Crippen LogP contribution in [0.15, 0.2) is 41.5 Å². The van der Waals surface area contributed by atoms with Crippen molar-refractivity contribution in [1.29, 1.82) is 0 Å². The Balaban J connectivity index is 1.58. The molecule has 1 amide bonds. The third-order valence-electron chi connectivity index (χ3n) is 5.10. The number of carbonyl (C=O) groups is 1. The molecular weight excluding hydrogens is 326 g/mol. The van der Waals surface area contributed by atoms with Crippen LogP contribution < -0.4 is 5.43 Å². The van der Waals surface area contributed by atoms with Gasteiger partial charge < -0.3 is 10.0 Å². The van der Waals surface area contributed by atoms with E-state index in [4.69, 9.17) is 0 Å². The molecule has 138 valence electrons. The molecule has 3 rings (SSSR count). The van der Waals surface area contributed by atoms with Crippen LogP contribution in [0.1, 0.15) is 38.2 Å². The number of rotatable bonds is 6. The number of carbonyl (C=O) groups excluding carboxylic acids is 1. The first-order valence-electron chi connectivity index (χ1n) is 9.45. The van der Waals surface area contributed by atoms with E-state index >= 15 is 0 Å². The third-order valence-corrected chi connectivity index (χ3v) is 5.10. The van der Waals surface area contributed by atoms with Crippen LogP contribution in [0.4, 0.5) is 0 Å². The summed E-state index contributed by atoms with van der Waals surface area (Å²) in [6, 6.07) is 11.3. The van der Waals surface area contributed by atoms with Gasteiger partial charge in [0.15, 0.2) is 0 Å². The maximum absolute atomic E-state index is 12.4. The van der Waals surface area contributed by atoms with E-state index in [0.717, 1.165) is 43.2 Å². The van der Waals surface area contributed by atoms with Crippen LogP contribution in [0, 0.1) is 5.92 Å². The van der Waals surface area contributed by atoms with E-state index < -0.39 is 0 Å². The van der Waals surface area contributed by atoms with Crippen LogP contribution in [0.25, 0.3) is 10.8 Å². The van der Waals surface area contributed by atoms with Gasteiger partial charge in [0.2, 0.25) is 5.91 Å². The van der Waals surface area contributed by atoms with Gasteiger partial charge in [-0.15, -0.1) is 0 Å². The van der Waals surface area contributed by atoms with Crippen molar-refractivity contribution < 1.29 is 9.90 Å². The number of hydrazone groups is 1. The minimum absolute atomic E-state index is 0.0196. The molecule has 0 bridgehead atoms. The van der Waals surface area contributed by atoms with Crippen LogP contribution in [0.3, 0.4) is 0 Å². The number of nitrogens with zero attached hydrogens (tertiary/aromatic N) is 2. The van der Waals surface area contributed by atoms with E-state index in [1.165, 1.54) is 19.1 Å². The number of unbranched alkanes of at least 4 members (excludes halogenated alkanes) is 1. The summed E-state index contributed by atoms with van der Waals surface area (Å²) in [5.41, 5.74) is 3.27. The topological polar surface area (TPSA) is 64.9 Å². The van der Waals surface area contributed by atoms with Crippen molar-refractivity contribution in [3.8, 4) is 5.75 Å². The molecule has 0 aliphatic carbocycles. The first kappa shape index (κ1) is 18.4. The molecule has 0 spiro atoms. The summed E-state index contributed by atoms with van der Waals surface area (Å²) >= 11 is 0. The van der Waals surface area contributed by atoms with Crippen molar-refractivity contribution in [3.63, 3.8) is 0 Å². The molecule has 5 nitrogen and oxygen atoms in total. The normalized spacial score (nSPS) is 16.3. The molecule has 0 atom stereocenters. The zero-order valence-electron chi connectivity index (χ0n) is 15.3. The van der Waals surface area contributed by atoms with E-state index in [0.29, 0.717) is 5.56 Å². The molecular formula is C21H27N3O2. The summed E-state index contributed by atoms with van der Waals surface area (Å²) in [4.78, 5) is 14.8. The Hall–Kier alpha value is -2.40. The Morgan fingerprint density at radius 1 is 1.27 bits per heavy atom. The van der Waals surface area contributed by atoms with Gasteiger partial charge in [0, 0.05) is 11.5 Å².